The fourth-order valence-electron chi connectivity index (χ4n) is 2.42. The van der Waals surface area contributed by atoms with Crippen LogP contribution in [-0.2, 0) is 11.2 Å². The lowest BCUT2D eigenvalue weighted by molar-refractivity contribution is -0.133. The number of hydrogen-bond acceptors (Lipinski definition) is 3. The van der Waals surface area contributed by atoms with Gasteiger partial charge in [-0.2, -0.15) is 0 Å². The van der Waals surface area contributed by atoms with Gasteiger partial charge in [-0.1, -0.05) is 31.5 Å². The Balaban J connectivity index is 1.79. The number of esters is 1. The predicted molar refractivity (Wildman–Crippen MR) is 91.1 cm³/mol. The molecular weight excluding hydrogens is 312 g/mol. The van der Waals surface area contributed by atoms with E-state index in [1.165, 1.54) is 5.56 Å². The molecule has 23 heavy (non-hydrogen) atoms. The fourth-order valence-corrected chi connectivity index (χ4v) is 2.55. The van der Waals surface area contributed by atoms with E-state index in [0.29, 0.717) is 16.7 Å². The fraction of sp³-hybridized carbons (Fsp3) is 0.211. The van der Waals surface area contributed by atoms with Crippen LogP contribution in [0.2, 0.25) is 5.02 Å². The zero-order valence-electron chi connectivity index (χ0n) is 13.0. The molecule has 0 atom stereocenters. The van der Waals surface area contributed by atoms with Crippen LogP contribution in [0.3, 0.4) is 0 Å². The van der Waals surface area contributed by atoms with Crippen molar-refractivity contribution in [3.8, 4) is 5.75 Å². The lowest BCUT2D eigenvalue weighted by Crippen LogP contribution is -2.10. The summed E-state index contributed by atoms with van der Waals surface area (Å²) in [5.74, 6) is 0.572. The van der Waals surface area contributed by atoms with Crippen LogP contribution in [0.15, 0.2) is 53.1 Å². The van der Waals surface area contributed by atoms with Crippen LogP contribution in [0.1, 0.15) is 30.9 Å². The van der Waals surface area contributed by atoms with Crippen LogP contribution in [0.4, 0.5) is 0 Å². The van der Waals surface area contributed by atoms with E-state index < -0.39 is 0 Å². The van der Waals surface area contributed by atoms with Crippen LogP contribution >= 0.6 is 11.6 Å². The number of fused-ring (bicyclic) bond motifs is 1. The first kappa shape index (κ1) is 15.6. The van der Waals surface area contributed by atoms with Crippen LogP contribution in [0, 0.1) is 0 Å². The Bertz CT molecular complexity index is 831. The van der Waals surface area contributed by atoms with Gasteiger partial charge in [-0.3, -0.25) is 4.79 Å². The third-order valence-electron chi connectivity index (χ3n) is 3.72. The summed E-state index contributed by atoms with van der Waals surface area (Å²) in [6.07, 6.45) is 1.79. The molecule has 1 heterocycles. The molecule has 118 valence electrons. The topological polar surface area (TPSA) is 39.4 Å². The first-order valence-corrected chi connectivity index (χ1v) is 7.87. The third kappa shape index (κ3) is 3.57. The molecule has 3 aromatic rings. The summed E-state index contributed by atoms with van der Waals surface area (Å²) in [4.78, 5) is 12.1. The van der Waals surface area contributed by atoms with Gasteiger partial charge in [0.1, 0.15) is 11.3 Å². The molecule has 0 aliphatic rings. The Morgan fingerprint density at radius 2 is 1.91 bits per heavy atom. The molecule has 0 saturated heterocycles. The monoisotopic (exact) mass is 328 g/mol. The molecule has 0 bridgehead atoms. The van der Waals surface area contributed by atoms with Gasteiger partial charge in [-0.05, 0) is 47.9 Å². The average Bonchev–Trinajstić information content (AvgIpc) is 2.92. The molecule has 0 N–H and O–H groups in total. The molecule has 0 aliphatic carbocycles. The van der Waals surface area contributed by atoms with E-state index >= 15 is 0 Å². The summed E-state index contributed by atoms with van der Waals surface area (Å²) in [5, 5.41) is 1.57. The van der Waals surface area contributed by atoms with Crippen molar-refractivity contribution in [1.29, 1.82) is 0 Å². The average molecular weight is 329 g/mol. The van der Waals surface area contributed by atoms with Crippen molar-refractivity contribution >= 4 is 28.5 Å². The molecule has 0 radical (unpaired) electrons. The summed E-state index contributed by atoms with van der Waals surface area (Å²) in [7, 11) is 0. The number of carbonyl (C=O) groups is 1. The minimum atomic E-state index is -0.329. The van der Waals surface area contributed by atoms with Gasteiger partial charge in [0.2, 0.25) is 0 Å². The molecule has 1 aromatic heterocycles. The number of ether oxygens (including phenoxy) is 1. The molecule has 3 rings (SSSR count). The van der Waals surface area contributed by atoms with Gasteiger partial charge in [0.25, 0.3) is 0 Å². The van der Waals surface area contributed by atoms with Crippen LogP contribution < -0.4 is 4.74 Å². The first-order valence-electron chi connectivity index (χ1n) is 7.49. The smallest absolute Gasteiger partial charge is 0.315 e. The van der Waals surface area contributed by atoms with Crippen molar-refractivity contribution in [2.24, 2.45) is 0 Å². The molecule has 0 aliphatic heterocycles. The van der Waals surface area contributed by atoms with Crippen molar-refractivity contribution in [3.63, 3.8) is 0 Å². The number of furan rings is 1. The van der Waals surface area contributed by atoms with Crippen molar-refractivity contribution < 1.29 is 13.9 Å². The molecule has 0 spiro atoms. The van der Waals surface area contributed by atoms with Crippen LogP contribution in [0.5, 0.6) is 5.75 Å². The SMILES string of the molecule is CC(C)c1ccc2occ(CC(=O)Oc3ccc(Cl)cc3)c2c1. The van der Waals surface area contributed by atoms with Gasteiger partial charge in [-0.25, -0.2) is 0 Å². The number of halogens is 1. The summed E-state index contributed by atoms with van der Waals surface area (Å²) in [6.45, 7) is 4.27. The van der Waals surface area contributed by atoms with Gasteiger partial charge >= 0.3 is 5.97 Å². The van der Waals surface area contributed by atoms with Crippen molar-refractivity contribution in [2.45, 2.75) is 26.2 Å². The maximum absolute atomic E-state index is 12.1. The van der Waals surface area contributed by atoms with Crippen molar-refractivity contribution in [1.82, 2.24) is 0 Å². The second-order valence-electron chi connectivity index (χ2n) is 5.78. The van der Waals surface area contributed by atoms with E-state index in [-0.39, 0.29) is 12.4 Å². The zero-order valence-corrected chi connectivity index (χ0v) is 13.8. The number of benzene rings is 2. The summed E-state index contributed by atoms with van der Waals surface area (Å²) in [5.41, 5.74) is 2.83. The second-order valence-corrected chi connectivity index (χ2v) is 6.21. The Hall–Kier alpha value is -2.26. The van der Waals surface area contributed by atoms with Gasteiger partial charge in [0.15, 0.2) is 0 Å². The molecular formula is C19H17ClO3. The van der Waals surface area contributed by atoms with E-state index in [0.717, 1.165) is 16.5 Å². The largest absolute Gasteiger partial charge is 0.464 e. The van der Waals surface area contributed by atoms with Gasteiger partial charge < -0.3 is 9.15 Å². The summed E-state index contributed by atoms with van der Waals surface area (Å²) in [6, 6.07) is 12.8. The molecule has 0 saturated carbocycles. The number of hydrogen-bond donors (Lipinski definition) is 0. The van der Waals surface area contributed by atoms with Crippen LogP contribution in [-0.4, -0.2) is 5.97 Å². The molecule has 4 heteroatoms. The first-order chi connectivity index (χ1) is 11.0. The maximum Gasteiger partial charge on any atom is 0.315 e. The van der Waals surface area contributed by atoms with Crippen LogP contribution in [0.25, 0.3) is 11.0 Å². The highest BCUT2D eigenvalue weighted by Gasteiger charge is 2.13. The number of carbonyl (C=O) groups excluding carboxylic acids is 1. The zero-order chi connectivity index (χ0) is 16.4. The lowest BCUT2D eigenvalue weighted by Gasteiger charge is -2.06. The Kier molecular flexibility index (Phi) is 4.39. The predicted octanol–water partition coefficient (Wildman–Crippen LogP) is 5.36. The minimum absolute atomic E-state index is 0.164. The van der Waals surface area contributed by atoms with Gasteiger partial charge in [-0.15, -0.1) is 0 Å². The molecule has 0 fully saturated rings. The van der Waals surface area contributed by atoms with E-state index in [2.05, 4.69) is 19.9 Å². The van der Waals surface area contributed by atoms with E-state index in [1.807, 2.05) is 12.1 Å². The third-order valence-corrected chi connectivity index (χ3v) is 3.98. The Labute approximate surface area is 139 Å². The van der Waals surface area contributed by atoms with Gasteiger partial charge in [0, 0.05) is 16.0 Å². The Morgan fingerprint density at radius 1 is 1.17 bits per heavy atom. The van der Waals surface area contributed by atoms with E-state index in [1.54, 1.807) is 30.5 Å². The lowest BCUT2D eigenvalue weighted by atomic mass is 10.00. The van der Waals surface area contributed by atoms with Gasteiger partial charge in [0.05, 0.1) is 12.7 Å². The van der Waals surface area contributed by atoms with E-state index in [4.69, 9.17) is 20.8 Å². The minimum Gasteiger partial charge on any atom is -0.464 e. The molecule has 2 aromatic carbocycles. The standard InChI is InChI=1S/C19H17ClO3/c1-12(2)13-3-8-18-17(9-13)14(11-22-18)10-19(21)23-16-6-4-15(20)5-7-16/h3-9,11-12H,10H2,1-2H3. The molecule has 0 unspecified atom stereocenters. The second kappa shape index (κ2) is 6.47. The highest BCUT2D eigenvalue weighted by atomic mass is 35.5. The number of rotatable bonds is 4. The summed E-state index contributed by atoms with van der Waals surface area (Å²) >= 11 is 5.82. The molecule has 3 nitrogen and oxygen atoms in total. The normalized spacial score (nSPS) is 11.1. The highest BCUT2D eigenvalue weighted by molar-refractivity contribution is 6.30. The summed E-state index contributed by atoms with van der Waals surface area (Å²) < 4.78 is 10.9. The van der Waals surface area contributed by atoms with Crippen molar-refractivity contribution in [3.05, 3.63) is 64.9 Å². The van der Waals surface area contributed by atoms with Crippen molar-refractivity contribution in [2.75, 3.05) is 0 Å². The Morgan fingerprint density at radius 3 is 2.61 bits per heavy atom. The highest BCUT2D eigenvalue weighted by Crippen LogP contribution is 2.26. The maximum atomic E-state index is 12.1. The quantitative estimate of drug-likeness (QED) is 0.478. The molecule has 0 amide bonds. The van der Waals surface area contributed by atoms with E-state index in [9.17, 15) is 4.79 Å².